The van der Waals surface area contributed by atoms with Crippen molar-refractivity contribution in [3.63, 3.8) is 0 Å². The lowest BCUT2D eigenvalue weighted by atomic mass is 10.0. The molecule has 0 spiro atoms. The average Bonchev–Trinajstić information content (AvgIpc) is 3.50. The van der Waals surface area contributed by atoms with Crippen LogP contribution in [0.2, 0.25) is 0 Å². The van der Waals surface area contributed by atoms with Gasteiger partial charge in [0.1, 0.15) is 24.4 Å². The highest BCUT2D eigenvalue weighted by Crippen LogP contribution is 2.32. The second-order valence-electron chi connectivity index (χ2n) is 10.3. The van der Waals surface area contributed by atoms with Crippen LogP contribution in [0, 0.1) is 0 Å². The first kappa shape index (κ1) is 29.6. The maximum absolute atomic E-state index is 13.6. The van der Waals surface area contributed by atoms with Crippen molar-refractivity contribution in [3.8, 4) is 5.75 Å². The molecule has 1 saturated heterocycles. The van der Waals surface area contributed by atoms with E-state index in [0.29, 0.717) is 37.4 Å². The van der Waals surface area contributed by atoms with Crippen molar-refractivity contribution in [1.29, 1.82) is 0 Å². The number of carbonyl (C=O) groups excluding carboxylic acids is 3. The Morgan fingerprint density at radius 3 is 2.61 bits per heavy atom. The van der Waals surface area contributed by atoms with E-state index >= 15 is 0 Å². The summed E-state index contributed by atoms with van der Waals surface area (Å²) < 4.78 is 5.73. The van der Waals surface area contributed by atoms with Crippen LogP contribution in [-0.2, 0) is 20.8 Å². The van der Waals surface area contributed by atoms with Gasteiger partial charge in [-0.15, -0.1) is 0 Å². The van der Waals surface area contributed by atoms with E-state index in [4.69, 9.17) is 16.2 Å². The molecule has 218 valence electrons. The number of carbonyl (C=O) groups is 3. The minimum absolute atomic E-state index is 0.0420. The van der Waals surface area contributed by atoms with Gasteiger partial charge in [0.05, 0.1) is 6.04 Å². The summed E-state index contributed by atoms with van der Waals surface area (Å²) in [5.74, 6) is -0.433. The van der Waals surface area contributed by atoms with Gasteiger partial charge in [-0.25, -0.2) is 0 Å². The smallest absolute Gasteiger partial charge is 0.246 e. The number of nitrogens with zero attached hydrogens (tertiary/aromatic N) is 1. The van der Waals surface area contributed by atoms with Gasteiger partial charge in [-0.2, -0.15) is 0 Å². The quantitative estimate of drug-likeness (QED) is 0.129. The first-order valence-electron chi connectivity index (χ1n) is 14.0. The Hall–Kier alpha value is -4.38. The van der Waals surface area contributed by atoms with Gasteiger partial charge in [0.25, 0.3) is 0 Å². The maximum atomic E-state index is 13.6. The first-order chi connectivity index (χ1) is 19.8. The van der Waals surface area contributed by atoms with Crippen LogP contribution >= 0.6 is 0 Å². The molecule has 4 rings (SSSR count). The van der Waals surface area contributed by atoms with Crippen molar-refractivity contribution in [2.24, 2.45) is 16.5 Å². The third kappa shape index (κ3) is 8.55. The first-order valence-corrected chi connectivity index (χ1v) is 14.0. The topological polar surface area (TPSA) is 173 Å². The van der Waals surface area contributed by atoms with Crippen molar-refractivity contribution < 1.29 is 19.1 Å². The molecule has 0 aromatic heterocycles. The molecule has 2 aliphatic rings. The van der Waals surface area contributed by atoms with Gasteiger partial charge in [-0.1, -0.05) is 30.3 Å². The second kappa shape index (κ2) is 14.3. The van der Waals surface area contributed by atoms with Gasteiger partial charge in [0.2, 0.25) is 17.7 Å². The largest absolute Gasteiger partial charge is 0.489 e. The Kier molecular flexibility index (Phi) is 10.3. The van der Waals surface area contributed by atoms with Crippen molar-refractivity contribution in [1.82, 2.24) is 16.0 Å². The summed E-state index contributed by atoms with van der Waals surface area (Å²) in [5, 5.41) is 11.8. The number of hydrogen-bond donors (Lipinski definition) is 6. The van der Waals surface area contributed by atoms with Crippen LogP contribution in [-0.4, -0.2) is 61.5 Å². The second-order valence-corrected chi connectivity index (χ2v) is 10.3. The zero-order valence-corrected chi connectivity index (χ0v) is 23.3. The maximum Gasteiger partial charge on any atom is 0.246 e. The highest BCUT2D eigenvalue weighted by atomic mass is 16.5. The number of anilines is 1. The Labute approximate surface area is 240 Å². The molecule has 2 aliphatic heterocycles. The summed E-state index contributed by atoms with van der Waals surface area (Å²) in [4.78, 5) is 44.0. The van der Waals surface area contributed by atoms with Gasteiger partial charge >= 0.3 is 0 Å². The number of amides is 3. The Bertz CT molecular complexity index is 1280. The summed E-state index contributed by atoms with van der Waals surface area (Å²) in [5.41, 5.74) is 14.4. The van der Waals surface area contributed by atoms with E-state index in [9.17, 15) is 14.4 Å². The van der Waals surface area contributed by atoms with Gasteiger partial charge in [-0.3, -0.25) is 19.4 Å². The molecular weight excluding hydrogens is 522 g/mol. The number of hydrogen-bond acceptors (Lipinski definition) is 6. The molecule has 0 aliphatic carbocycles. The molecule has 3 amide bonds. The van der Waals surface area contributed by atoms with Crippen LogP contribution < -0.4 is 37.5 Å². The SMILES string of the molecule is CC1=CCOc2cc(NC(=O)[C@H](CCCN=C(N)N)NC(=O)[C@H](Cc3ccccc3)NC(=O)[C@H]3CCCN3)ccc21. The number of nitrogens with two attached hydrogens (primary N) is 2. The third-order valence-electron chi connectivity index (χ3n) is 7.17. The number of allylic oxidation sites excluding steroid dienone is 1. The molecule has 2 aromatic rings. The van der Waals surface area contributed by atoms with Crippen LogP contribution in [0.25, 0.3) is 5.57 Å². The summed E-state index contributed by atoms with van der Waals surface area (Å²) in [7, 11) is 0. The molecule has 11 heteroatoms. The summed E-state index contributed by atoms with van der Waals surface area (Å²) in [6, 6.07) is 12.8. The minimum atomic E-state index is -0.893. The number of nitrogens with one attached hydrogen (secondary N) is 4. The van der Waals surface area contributed by atoms with E-state index in [1.54, 1.807) is 12.1 Å². The normalized spacial score (nSPS) is 17.2. The average molecular weight is 562 g/mol. The van der Waals surface area contributed by atoms with Crippen molar-refractivity contribution in [2.75, 3.05) is 25.0 Å². The fourth-order valence-corrected chi connectivity index (χ4v) is 4.93. The highest BCUT2D eigenvalue weighted by molar-refractivity contribution is 5.99. The lowest BCUT2D eigenvalue weighted by Gasteiger charge is -2.24. The molecule has 0 saturated carbocycles. The van der Waals surface area contributed by atoms with Gasteiger partial charge in [0.15, 0.2) is 5.96 Å². The molecule has 41 heavy (non-hydrogen) atoms. The van der Waals surface area contributed by atoms with Crippen molar-refractivity contribution in [3.05, 3.63) is 65.7 Å². The van der Waals surface area contributed by atoms with Crippen LogP contribution in [0.4, 0.5) is 5.69 Å². The van der Waals surface area contributed by atoms with Gasteiger partial charge < -0.3 is 37.5 Å². The summed E-state index contributed by atoms with van der Waals surface area (Å²) in [6.07, 6.45) is 4.62. The fraction of sp³-hybridized carbons (Fsp3) is 0.400. The number of ether oxygens (including phenoxy) is 1. The standard InChI is InChI=1S/C30H39N7O4/c1-19-13-16-41-26-18-21(11-12-22(19)26)35-28(39)24(10-6-15-34-30(31)32)36-29(40)25(17-20-7-3-2-4-8-20)37-27(38)23-9-5-14-33-23/h2-4,7-8,11-13,18,23-25,33H,5-6,9-10,14-17H2,1H3,(H,35,39)(H,36,40)(H,37,38)(H4,31,32,34)/t23-,24+,25+/m1/s1. The monoisotopic (exact) mass is 561 g/mol. The van der Waals surface area contributed by atoms with Gasteiger partial charge in [0, 0.05) is 30.3 Å². The fourth-order valence-electron chi connectivity index (χ4n) is 4.93. The van der Waals surface area contributed by atoms with Crippen molar-refractivity contribution >= 4 is 34.9 Å². The molecule has 0 unspecified atom stereocenters. The Morgan fingerprint density at radius 2 is 1.88 bits per heavy atom. The van der Waals surface area contributed by atoms with E-state index in [2.05, 4.69) is 26.3 Å². The van der Waals surface area contributed by atoms with Crippen LogP contribution in [0.1, 0.15) is 43.7 Å². The molecule has 1 fully saturated rings. The number of aliphatic imine (C=N–C) groups is 1. The number of fused-ring (bicyclic) bond motifs is 1. The molecule has 8 N–H and O–H groups in total. The van der Waals surface area contributed by atoms with E-state index in [1.165, 1.54) is 0 Å². The van der Waals surface area contributed by atoms with Crippen LogP contribution in [0.15, 0.2) is 59.6 Å². The van der Waals surface area contributed by atoms with Crippen LogP contribution in [0.3, 0.4) is 0 Å². The lowest BCUT2D eigenvalue weighted by molar-refractivity contribution is -0.131. The van der Waals surface area contributed by atoms with E-state index in [0.717, 1.165) is 29.7 Å². The number of benzene rings is 2. The number of guanidine groups is 1. The minimum Gasteiger partial charge on any atom is -0.489 e. The molecule has 2 heterocycles. The Balaban J connectivity index is 1.49. The van der Waals surface area contributed by atoms with Gasteiger partial charge in [-0.05, 0) is 68.5 Å². The molecule has 0 radical (unpaired) electrons. The molecule has 3 atom stereocenters. The zero-order valence-electron chi connectivity index (χ0n) is 23.3. The Morgan fingerprint density at radius 1 is 1.07 bits per heavy atom. The summed E-state index contributed by atoms with van der Waals surface area (Å²) >= 11 is 0. The predicted molar refractivity (Wildman–Crippen MR) is 159 cm³/mol. The van der Waals surface area contributed by atoms with Crippen LogP contribution in [0.5, 0.6) is 5.75 Å². The molecule has 0 bridgehead atoms. The van der Waals surface area contributed by atoms with E-state index in [1.807, 2.05) is 49.4 Å². The van der Waals surface area contributed by atoms with Crippen molar-refractivity contribution in [2.45, 2.75) is 57.2 Å². The highest BCUT2D eigenvalue weighted by Gasteiger charge is 2.30. The zero-order chi connectivity index (χ0) is 29.2. The predicted octanol–water partition coefficient (Wildman–Crippen LogP) is 1.44. The third-order valence-corrected chi connectivity index (χ3v) is 7.17. The van der Waals surface area contributed by atoms with E-state index in [-0.39, 0.29) is 30.8 Å². The summed E-state index contributed by atoms with van der Waals surface area (Å²) in [6.45, 7) is 3.53. The molecule has 2 aromatic carbocycles. The van der Waals surface area contributed by atoms with E-state index < -0.39 is 23.9 Å². The molecular formula is C30H39N7O4. The molecule has 11 nitrogen and oxygen atoms in total. The lowest BCUT2D eigenvalue weighted by Crippen LogP contribution is -2.55. The number of rotatable bonds is 12.